The Kier molecular flexibility index (Phi) is 3.59. The third-order valence-electron chi connectivity index (χ3n) is 3.61. The number of ether oxygens (including phenoxy) is 1. The highest BCUT2D eigenvalue weighted by molar-refractivity contribution is 7.99. The predicted molar refractivity (Wildman–Crippen MR) is 91.1 cm³/mol. The lowest BCUT2D eigenvalue weighted by Crippen LogP contribution is -2.13. The van der Waals surface area contributed by atoms with Gasteiger partial charge in [-0.25, -0.2) is 0 Å². The minimum atomic E-state index is 0.758. The molecule has 0 fully saturated rings. The lowest BCUT2D eigenvalue weighted by Gasteiger charge is -2.14. The molecule has 3 aromatic rings. The lowest BCUT2D eigenvalue weighted by molar-refractivity contribution is 0.414. The van der Waals surface area contributed by atoms with Crippen molar-refractivity contribution in [3.05, 3.63) is 60.2 Å². The van der Waals surface area contributed by atoms with E-state index >= 15 is 0 Å². The van der Waals surface area contributed by atoms with Gasteiger partial charge in [-0.05, 0) is 12.1 Å². The van der Waals surface area contributed by atoms with Crippen molar-refractivity contribution in [3.63, 3.8) is 0 Å². The zero-order valence-corrected chi connectivity index (χ0v) is 13.3. The molecule has 0 saturated carbocycles. The molecule has 114 valence electrons. The van der Waals surface area contributed by atoms with Crippen molar-refractivity contribution in [3.8, 4) is 17.1 Å². The normalized spacial score (nSPS) is 13.3. The summed E-state index contributed by atoms with van der Waals surface area (Å²) in [5.74, 6) is 2.35. The summed E-state index contributed by atoms with van der Waals surface area (Å²) >= 11 is 1.64. The van der Waals surface area contributed by atoms with Gasteiger partial charge in [0.05, 0.1) is 12.8 Å². The van der Waals surface area contributed by atoms with Crippen LogP contribution < -0.4 is 4.74 Å². The largest absolute Gasteiger partial charge is 0.497 e. The van der Waals surface area contributed by atoms with E-state index in [9.17, 15) is 0 Å². The van der Waals surface area contributed by atoms with E-state index in [-0.39, 0.29) is 0 Å². The molecular weight excluding hydrogens is 308 g/mol. The first kappa shape index (κ1) is 14.0. The fourth-order valence-corrected chi connectivity index (χ4v) is 3.28. The highest BCUT2D eigenvalue weighted by Crippen LogP contribution is 2.28. The topological polar surface area (TPSA) is 52.3 Å². The summed E-state index contributed by atoms with van der Waals surface area (Å²) in [5.41, 5.74) is 3.04. The predicted octanol–water partition coefficient (Wildman–Crippen LogP) is 3.31. The SMILES string of the molecule is COc1cccc(C2=Nn3c(nnc3-c3ccccc3)SC2)c1. The number of rotatable bonds is 3. The second kappa shape index (κ2) is 5.89. The number of nitrogens with zero attached hydrogens (tertiary/aromatic N) is 4. The number of thioether (sulfide) groups is 1. The molecule has 0 unspecified atom stereocenters. The van der Waals surface area contributed by atoms with Crippen LogP contribution in [0.15, 0.2) is 64.9 Å². The van der Waals surface area contributed by atoms with Gasteiger partial charge in [0.15, 0.2) is 5.82 Å². The minimum Gasteiger partial charge on any atom is -0.497 e. The number of methoxy groups -OCH3 is 1. The van der Waals surface area contributed by atoms with E-state index in [0.717, 1.165) is 39.3 Å². The number of benzene rings is 2. The van der Waals surface area contributed by atoms with Crippen molar-refractivity contribution in [2.24, 2.45) is 5.10 Å². The van der Waals surface area contributed by atoms with E-state index < -0.39 is 0 Å². The summed E-state index contributed by atoms with van der Waals surface area (Å²) in [6.45, 7) is 0. The number of aromatic nitrogens is 3. The van der Waals surface area contributed by atoms with Gasteiger partial charge in [-0.2, -0.15) is 9.78 Å². The summed E-state index contributed by atoms with van der Waals surface area (Å²) in [6.07, 6.45) is 0. The average molecular weight is 322 g/mol. The molecule has 0 N–H and O–H groups in total. The Labute approximate surface area is 138 Å². The van der Waals surface area contributed by atoms with Crippen molar-refractivity contribution in [1.82, 2.24) is 14.9 Å². The second-order valence-electron chi connectivity index (χ2n) is 5.05. The average Bonchev–Trinajstić information content (AvgIpc) is 3.05. The van der Waals surface area contributed by atoms with E-state index in [0.29, 0.717) is 0 Å². The molecule has 2 aromatic carbocycles. The summed E-state index contributed by atoms with van der Waals surface area (Å²) in [6, 6.07) is 17.9. The molecule has 0 aliphatic carbocycles. The number of fused-ring (bicyclic) bond motifs is 1. The summed E-state index contributed by atoms with van der Waals surface area (Å²) in [5, 5.41) is 14.1. The quantitative estimate of drug-likeness (QED) is 0.742. The third-order valence-corrected chi connectivity index (χ3v) is 4.54. The summed E-state index contributed by atoms with van der Waals surface area (Å²) in [7, 11) is 1.67. The van der Waals surface area contributed by atoms with Crippen LogP contribution in [0.5, 0.6) is 5.75 Å². The summed E-state index contributed by atoms with van der Waals surface area (Å²) < 4.78 is 7.12. The maximum absolute atomic E-state index is 5.30. The molecule has 0 spiro atoms. The first-order chi connectivity index (χ1) is 11.3. The molecule has 1 aliphatic heterocycles. The smallest absolute Gasteiger partial charge is 0.212 e. The summed E-state index contributed by atoms with van der Waals surface area (Å²) in [4.78, 5) is 0. The van der Waals surface area contributed by atoms with Gasteiger partial charge in [-0.1, -0.05) is 54.2 Å². The molecule has 5 nitrogen and oxygen atoms in total. The van der Waals surface area contributed by atoms with Gasteiger partial charge < -0.3 is 4.74 Å². The van der Waals surface area contributed by atoms with E-state index in [2.05, 4.69) is 10.2 Å². The van der Waals surface area contributed by atoms with Crippen LogP contribution >= 0.6 is 11.8 Å². The van der Waals surface area contributed by atoms with E-state index in [1.165, 1.54) is 0 Å². The van der Waals surface area contributed by atoms with Crippen LogP contribution in [-0.4, -0.2) is 33.4 Å². The van der Waals surface area contributed by atoms with Crippen LogP contribution in [0.1, 0.15) is 5.56 Å². The number of hydrogen-bond donors (Lipinski definition) is 0. The molecule has 4 rings (SSSR count). The fraction of sp³-hybridized carbons (Fsp3) is 0.118. The molecule has 2 heterocycles. The zero-order chi connectivity index (χ0) is 15.6. The van der Waals surface area contributed by atoms with E-state index in [4.69, 9.17) is 9.84 Å². The first-order valence-corrected chi connectivity index (χ1v) is 8.19. The Morgan fingerprint density at radius 2 is 1.83 bits per heavy atom. The van der Waals surface area contributed by atoms with Gasteiger partial charge >= 0.3 is 0 Å². The van der Waals surface area contributed by atoms with Crippen LogP contribution in [0, 0.1) is 0 Å². The maximum Gasteiger partial charge on any atom is 0.212 e. The molecule has 0 radical (unpaired) electrons. The second-order valence-corrected chi connectivity index (χ2v) is 5.99. The highest BCUT2D eigenvalue weighted by atomic mass is 32.2. The molecule has 23 heavy (non-hydrogen) atoms. The minimum absolute atomic E-state index is 0.758. The van der Waals surface area contributed by atoms with Crippen molar-refractivity contribution in [1.29, 1.82) is 0 Å². The lowest BCUT2D eigenvalue weighted by atomic mass is 10.1. The molecule has 1 aromatic heterocycles. The molecule has 0 bridgehead atoms. The van der Waals surface area contributed by atoms with Crippen LogP contribution in [0.4, 0.5) is 0 Å². The molecule has 0 atom stereocenters. The third kappa shape index (κ3) is 2.61. The van der Waals surface area contributed by atoms with Gasteiger partial charge in [0.1, 0.15) is 5.75 Å². The standard InChI is InChI=1S/C17H14N4OS/c1-22-14-9-5-8-13(10-14)15-11-23-17-19-18-16(21(17)20-15)12-6-3-2-4-7-12/h2-10H,11H2,1H3. The first-order valence-electron chi connectivity index (χ1n) is 7.21. The highest BCUT2D eigenvalue weighted by Gasteiger charge is 2.20. The van der Waals surface area contributed by atoms with E-state index in [1.807, 2.05) is 59.3 Å². The van der Waals surface area contributed by atoms with E-state index in [1.54, 1.807) is 18.9 Å². The molecular formula is C17H14N4OS. The van der Waals surface area contributed by atoms with Crippen molar-refractivity contribution in [2.75, 3.05) is 12.9 Å². The zero-order valence-electron chi connectivity index (χ0n) is 12.5. The molecule has 1 aliphatic rings. The molecule has 6 heteroatoms. The Bertz CT molecular complexity index is 873. The molecule has 0 saturated heterocycles. The van der Waals surface area contributed by atoms with Gasteiger partial charge in [0.25, 0.3) is 0 Å². The van der Waals surface area contributed by atoms with Crippen LogP contribution in [-0.2, 0) is 0 Å². The van der Waals surface area contributed by atoms with Gasteiger partial charge in [0.2, 0.25) is 5.16 Å². The Morgan fingerprint density at radius 1 is 1.00 bits per heavy atom. The van der Waals surface area contributed by atoms with Crippen LogP contribution in [0.2, 0.25) is 0 Å². The number of hydrogen-bond acceptors (Lipinski definition) is 5. The van der Waals surface area contributed by atoms with Crippen molar-refractivity contribution in [2.45, 2.75) is 5.16 Å². The Morgan fingerprint density at radius 3 is 2.65 bits per heavy atom. The van der Waals surface area contributed by atoms with Gasteiger partial charge in [-0.15, -0.1) is 10.2 Å². The van der Waals surface area contributed by atoms with Crippen LogP contribution in [0.3, 0.4) is 0 Å². The van der Waals surface area contributed by atoms with Crippen molar-refractivity contribution >= 4 is 17.5 Å². The Hall–Kier alpha value is -2.60. The maximum atomic E-state index is 5.30. The monoisotopic (exact) mass is 322 g/mol. The fourth-order valence-electron chi connectivity index (χ4n) is 2.44. The Balaban J connectivity index is 1.78. The van der Waals surface area contributed by atoms with Crippen LogP contribution in [0.25, 0.3) is 11.4 Å². The van der Waals surface area contributed by atoms with Gasteiger partial charge in [0, 0.05) is 16.9 Å². The van der Waals surface area contributed by atoms with Gasteiger partial charge in [-0.3, -0.25) is 0 Å². The van der Waals surface area contributed by atoms with Crippen molar-refractivity contribution < 1.29 is 4.74 Å². The molecule has 0 amide bonds.